The van der Waals surface area contributed by atoms with Crippen LogP contribution in [-0.2, 0) is 0 Å². The fourth-order valence-electron chi connectivity index (χ4n) is 0.986. The van der Waals surface area contributed by atoms with Gasteiger partial charge in [-0.3, -0.25) is 0 Å². The molecule has 0 heterocycles. The minimum absolute atomic E-state index is 0.900. The van der Waals surface area contributed by atoms with Gasteiger partial charge in [0.1, 0.15) is 0 Å². The second-order valence-electron chi connectivity index (χ2n) is 2.54. The fourth-order valence-corrected chi connectivity index (χ4v) is 0.986. The van der Waals surface area contributed by atoms with Gasteiger partial charge in [0.25, 0.3) is 0 Å². The maximum absolute atomic E-state index is 3.81. The molecule has 0 aromatic carbocycles. The molecule has 0 aromatic heterocycles. The third-order valence-corrected chi connectivity index (χ3v) is 1.48. The molecule has 0 fully saturated rings. The van der Waals surface area contributed by atoms with Gasteiger partial charge in [-0.2, -0.15) is 0 Å². The van der Waals surface area contributed by atoms with Crippen LogP contribution in [0.3, 0.4) is 0 Å². The molecular weight excluding hydrogens is 98.1 g/mol. The van der Waals surface area contributed by atoms with Crippen molar-refractivity contribution in [1.82, 2.24) is 0 Å². The second kappa shape index (κ2) is 5.10. The molecule has 50 valence electrons. The quantitative estimate of drug-likeness (QED) is 0.568. The van der Waals surface area contributed by atoms with Crippen molar-refractivity contribution in [3.8, 4) is 0 Å². The summed E-state index contributed by atoms with van der Waals surface area (Å²) in [6, 6.07) is 0. The van der Waals surface area contributed by atoms with Gasteiger partial charge in [0.05, 0.1) is 6.54 Å². The minimum atomic E-state index is 0.900. The van der Waals surface area contributed by atoms with Gasteiger partial charge in [0.15, 0.2) is 0 Å². The molecule has 0 saturated carbocycles. The first-order valence-corrected chi connectivity index (χ1v) is 3.60. The summed E-state index contributed by atoms with van der Waals surface area (Å²) in [5, 5.41) is 0. The van der Waals surface area contributed by atoms with Crippen molar-refractivity contribution < 1.29 is 5.73 Å². The lowest BCUT2D eigenvalue weighted by atomic mass is 10.0. The van der Waals surface area contributed by atoms with Gasteiger partial charge >= 0.3 is 0 Å². The highest BCUT2D eigenvalue weighted by atomic mass is 14.5. The Bertz CT molecular complexity index is 37.7. The van der Waals surface area contributed by atoms with Gasteiger partial charge in [-0.15, -0.1) is 0 Å². The zero-order valence-electron chi connectivity index (χ0n) is 6.11. The molecule has 0 radical (unpaired) electrons. The summed E-state index contributed by atoms with van der Waals surface area (Å²) < 4.78 is 0. The zero-order chi connectivity index (χ0) is 6.41. The average Bonchev–Trinajstić information content (AvgIpc) is 1.68. The lowest BCUT2D eigenvalue weighted by Crippen LogP contribution is -2.50. The molecular formula is C7H18N+. The molecule has 1 nitrogen and oxygen atoms in total. The van der Waals surface area contributed by atoms with E-state index < -0.39 is 0 Å². The van der Waals surface area contributed by atoms with Gasteiger partial charge in [-0.25, -0.2) is 0 Å². The first kappa shape index (κ1) is 7.96. The predicted octanol–water partition coefficient (Wildman–Crippen LogP) is 1.05. The first-order valence-electron chi connectivity index (χ1n) is 3.60. The van der Waals surface area contributed by atoms with Gasteiger partial charge in [-0.05, 0) is 12.3 Å². The summed E-state index contributed by atoms with van der Waals surface area (Å²) >= 11 is 0. The van der Waals surface area contributed by atoms with Crippen LogP contribution in [0.4, 0.5) is 0 Å². The van der Waals surface area contributed by atoms with Gasteiger partial charge in [0, 0.05) is 0 Å². The van der Waals surface area contributed by atoms with E-state index in [1.54, 1.807) is 0 Å². The molecule has 0 aliphatic rings. The number of rotatable bonds is 4. The third kappa shape index (κ3) is 4.13. The Balaban J connectivity index is 2.92. The Morgan fingerprint density at radius 1 is 1.38 bits per heavy atom. The Kier molecular flexibility index (Phi) is 5.08. The van der Waals surface area contributed by atoms with Crippen LogP contribution in [0.15, 0.2) is 0 Å². The molecule has 0 saturated heterocycles. The van der Waals surface area contributed by atoms with E-state index in [1.165, 1.54) is 19.3 Å². The maximum Gasteiger partial charge on any atom is 0.0742 e. The van der Waals surface area contributed by atoms with Crippen molar-refractivity contribution in [3.63, 3.8) is 0 Å². The molecule has 8 heavy (non-hydrogen) atoms. The predicted molar refractivity (Wildman–Crippen MR) is 36.4 cm³/mol. The molecule has 0 bridgehead atoms. The van der Waals surface area contributed by atoms with Gasteiger partial charge in [0.2, 0.25) is 0 Å². The normalized spacial score (nSPS) is 13.9. The number of hydrogen-bond acceptors (Lipinski definition) is 0. The van der Waals surface area contributed by atoms with Crippen LogP contribution in [0.25, 0.3) is 0 Å². The van der Waals surface area contributed by atoms with Crippen LogP contribution in [-0.4, -0.2) is 6.54 Å². The van der Waals surface area contributed by atoms with E-state index in [1.807, 2.05) is 0 Å². The summed E-state index contributed by atoms with van der Waals surface area (Å²) in [5.74, 6) is 0.900. The first-order chi connectivity index (χ1) is 3.81. The van der Waals surface area contributed by atoms with Crippen LogP contribution < -0.4 is 5.73 Å². The molecule has 3 N–H and O–H groups in total. The highest BCUT2D eigenvalue weighted by Gasteiger charge is 1.97. The zero-order valence-corrected chi connectivity index (χ0v) is 6.11. The standard InChI is InChI=1S/C7H17N/c1-3-4-7(2)5-6-8/h7H,3-6,8H2,1-2H3/p+1. The van der Waals surface area contributed by atoms with Crippen molar-refractivity contribution >= 4 is 0 Å². The molecule has 1 atom stereocenters. The fraction of sp³-hybridized carbons (Fsp3) is 1.00. The number of quaternary nitrogens is 1. The molecule has 1 heteroatoms. The molecule has 0 aromatic rings. The monoisotopic (exact) mass is 116 g/mol. The summed E-state index contributed by atoms with van der Waals surface area (Å²) in [6.45, 7) is 5.63. The highest BCUT2D eigenvalue weighted by molar-refractivity contribution is 4.48. The van der Waals surface area contributed by atoms with Gasteiger partial charge in [-0.1, -0.05) is 26.7 Å². The van der Waals surface area contributed by atoms with E-state index in [-0.39, 0.29) is 0 Å². The smallest absolute Gasteiger partial charge is 0.0742 e. The Labute approximate surface area is 52.3 Å². The van der Waals surface area contributed by atoms with Crippen LogP contribution in [0.1, 0.15) is 33.1 Å². The van der Waals surface area contributed by atoms with E-state index in [0.29, 0.717) is 0 Å². The topological polar surface area (TPSA) is 27.6 Å². The van der Waals surface area contributed by atoms with E-state index in [9.17, 15) is 0 Å². The lowest BCUT2D eigenvalue weighted by Gasteiger charge is -2.04. The van der Waals surface area contributed by atoms with Crippen LogP contribution in [0.5, 0.6) is 0 Å². The Morgan fingerprint density at radius 2 is 2.00 bits per heavy atom. The average molecular weight is 116 g/mol. The molecule has 0 aliphatic carbocycles. The van der Waals surface area contributed by atoms with Crippen molar-refractivity contribution in [2.45, 2.75) is 33.1 Å². The van der Waals surface area contributed by atoms with E-state index >= 15 is 0 Å². The lowest BCUT2D eigenvalue weighted by molar-refractivity contribution is -0.370. The highest BCUT2D eigenvalue weighted by Crippen LogP contribution is 2.06. The van der Waals surface area contributed by atoms with Crippen molar-refractivity contribution in [2.24, 2.45) is 5.92 Å². The van der Waals surface area contributed by atoms with Crippen molar-refractivity contribution in [3.05, 3.63) is 0 Å². The summed E-state index contributed by atoms with van der Waals surface area (Å²) in [5.41, 5.74) is 3.81. The third-order valence-electron chi connectivity index (χ3n) is 1.48. The van der Waals surface area contributed by atoms with Crippen molar-refractivity contribution in [1.29, 1.82) is 0 Å². The van der Waals surface area contributed by atoms with Gasteiger partial charge < -0.3 is 5.73 Å². The van der Waals surface area contributed by atoms with Crippen LogP contribution in [0.2, 0.25) is 0 Å². The maximum atomic E-state index is 3.81. The summed E-state index contributed by atoms with van der Waals surface area (Å²) in [7, 11) is 0. The molecule has 0 spiro atoms. The second-order valence-corrected chi connectivity index (χ2v) is 2.54. The van der Waals surface area contributed by atoms with E-state index in [0.717, 1.165) is 12.5 Å². The molecule has 1 unspecified atom stereocenters. The number of hydrogen-bond donors (Lipinski definition) is 1. The summed E-state index contributed by atoms with van der Waals surface area (Å²) in [6.07, 6.45) is 3.99. The SMILES string of the molecule is CCCC(C)CC[NH3+]. The van der Waals surface area contributed by atoms with Crippen molar-refractivity contribution in [2.75, 3.05) is 6.54 Å². The largest absolute Gasteiger partial charge is 0.358 e. The molecule has 0 amide bonds. The van der Waals surface area contributed by atoms with Crippen LogP contribution in [0, 0.1) is 5.92 Å². The Hall–Kier alpha value is -0.0400. The van der Waals surface area contributed by atoms with Crippen LogP contribution >= 0.6 is 0 Å². The minimum Gasteiger partial charge on any atom is -0.358 e. The van der Waals surface area contributed by atoms with E-state index in [4.69, 9.17) is 0 Å². The Morgan fingerprint density at radius 3 is 2.38 bits per heavy atom. The van der Waals surface area contributed by atoms with E-state index in [2.05, 4.69) is 19.6 Å². The molecule has 0 aliphatic heterocycles. The summed E-state index contributed by atoms with van der Waals surface area (Å²) in [4.78, 5) is 0. The molecule has 0 rings (SSSR count).